The second-order valence-electron chi connectivity index (χ2n) is 36.8. The van der Waals surface area contributed by atoms with Crippen molar-refractivity contribution < 1.29 is 135 Å². The Labute approximate surface area is 688 Å². The van der Waals surface area contributed by atoms with Crippen LogP contribution in [0, 0.1) is 11.8 Å². The molecule has 12 N–H and O–H groups in total. The van der Waals surface area contributed by atoms with Gasteiger partial charge in [-0.2, -0.15) is 9.98 Å². The second kappa shape index (κ2) is 42.1. The summed E-state index contributed by atoms with van der Waals surface area (Å²) in [7, 11) is 0. The van der Waals surface area contributed by atoms with Crippen LogP contribution in [0.3, 0.4) is 0 Å². The Kier molecular flexibility index (Phi) is 36.4. The molecule has 0 aromatic rings. The number of allylic oxidation sites excluding steroid dienone is 1. The van der Waals surface area contributed by atoms with Gasteiger partial charge in [-0.1, -0.05) is 11.7 Å². The average molecular weight is 1690 g/mol. The lowest BCUT2D eigenvalue weighted by molar-refractivity contribution is -0.309. The fourth-order valence-corrected chi connectivity index (χ4v) is 11.9. The molecule has 7 unspecified atom stereocenters. The summed E-state index contributed by atoms with van der Waals surface area (Å²) in [5, 5.41) is 93.9. The van der Waals surface area contributed by atoms with Gasteiger partial charge in [-0.25, -0.2) is 38.4 Å². The van der Waals surface area contributed by atoms with E-state index in [4.69, 9.17) is 71.3 Å². The molecule has 0 spiro atoms. The van der Waals surface area contributed by atoms with E-state index in [9.17, 15) is 74.5 Å². The molecule has 118 heavy (non-hydrogen) atoms. The molecule has 0 aromatic carbocycles. The number of carbonyl (C=O) groups is 8. The zero-order valence-corrected chi connectivity index (χ0v) is 72.9. The number of amides is 8. The molecule has 4 rings (SSSR count). The van der Waals surface area contributed by atoms with Gasteiger partial charge in [0.1, 0.15) is 129 Å². The zero-order chi connectivity index (χ0) is 90.1. The molecule has 0 aromatic heterocycles. The van der Waals surface area contributed by atoms with Crippen molar-refractivity contribution in [2.24, 2.45) is 41.9 Å². The number of aliphatic hydroxyl groups is 6. The predicted octanol–water partition coefficient (Wildman–Crippen LogP) is 8.31. The molecule has 3 heterocycles. The van der Waals surface area contributed by atoms with Gasteiger partial charge in [0.25, 0.3) is 0 Å². The Hall–Kier alpha value is -8.52. The van der Waals surface area contributed by atoms with E-state index < -0.39 is 261 Å². The highest BCUT2D eigenvalue weighted by atomic mass is 16.8. The second-order valence-corrected chi connectivity index (χ2v) is 36.8. The molecule has 42 nitrogen and oxygen atoms in total. The van der Waals surface area contributed by atoms with Crippen molar-refractivity contribution in [1.82, 2.24) is 31.9 Å². The SMILES string of the molecule is C=C(C[C@H]1C(OC2[C@@H](CN=[N+]=[N-])O[C@@H](O[C@@H]3C(O)[C@H](CC(=NC(=O)OC(C)(C)C)NC(=O)OC(C)(C)C)CC(N=C(C)NC(=O)OC(C)(C)C)[C@H]3O[C@H]3OC(CN=C(C)NC(=O)OC(C)(C)C)[C@@H](O)[C@H](O)C3N=C(C)NC(=O)OC(C)(C)C)[C@H]2O)O[C@@H](CCC(=NC(=O)OC(C)(C)C)NC(=O)OC(C)(C)C)C(O)[C@H]1O)NC(=O)OC(C)(C)C. The first-order valence-corrected chi connectivity index (χ1v) is 38.7. The number of ether oxygens (including phenoxy) is 14. The molecule has 670 valence electrons. The molecule has 4 aliphatic rings. The minimum absolute atomic E-state index is 0.0519. The summed E-state index contributed by atoms with van der Waals surface area (Å²) in [5.41, 5.74) is 1.32. The van der Waals surface area contributed by atoms with Gasteiger partial charge in [-0.15, -0.1) is 0 Å². The van der Waals surface area contributed by atoms with Gasteiger partial charge < -0.3 is 97.0 Å². The van der Waals surface area contributed by atoms with E-state index in [1.807, 2.05) is 0 Å². The summed E-state index contributed by atoms with van der Waals surface area (Å²) in [6.45, 7) is 44.8. The van der Waals surface area contributed by atoms with E-state index in [2.05, 4.69) is 68.5 Å². The van der Waals surface area contributed by atoms with Gasteiger partial charge in [-0.05, 0) is 218 Å². The molecule has 4 fully saturated rings. The topological polar surface area (TPSA) is 570 Å². The number of azide groups is 1. The molecule has 42 heteroatoms. The number of hydrogen-bond donors (Lipinski definition) is 12. The maximum absolute atomic E-state index is 13.8. The first-order chi connectivity index (χ1) is 53.7. The minimum atomic E-state index is -2.18. The zero-order valence-electron chi connectivity index (χ0n) is 72.9. The normalized spacial score (nSPS) is 28.0. The molecule has 3 saturated heterocycles. The van der Waals surface area contributed by atoms with Crippen LogP contribution < -0.4 is 31.9 Å². The Morgan fingerprint density at radius 1 is 0.415 bits per heavy atom. The predicted molar refractivity (Wildman–Crippen MR) is 425 cm³/mol. The number of hydrogen-bond acceptors (Lipinski definition) is 32. The lowest BCUT2D eigenvalue weighted by Crippen LogP contribution is -2.63. The summed E-state index contributed by atoms with van der Waals surface area (Å²) >= 11 is 0. The van der Waals surface area contributed by atoms with Crippen molar-refractivity contribution >= 4 is 77.9 Å². The molecular weight excluding hydrogens is 1560 g/mol. The third kappa shape index (κ3) is 37.0. The highest BCUT2D eigenvalue weighted by molar-refractivity contribution is 6.01. The van der Waals surface area contributed by atoms with Crippen molar-refractivity contribution in [3.63, 3.8) is 0 Å². The van der Waals surface area contributed by atoms with E-state index in [-0.39, 0.29) is 29.0 Å². The molecular formula is C76H128N14O28. The average Bonchev–Trinajstić information content (AvgIpc) is 0.878. The summed E-state index contributed by atoms with van der Waals surface area (Å²) in [6, 6.07) is -3.37. The summed E-state index contributed by atoms with van der Waals surface area (Å²) in [5.74, 6) is -4.18. The quantitative estimate of drug-likeness (QED) is 0.0136. The van der Waals surface area contributed by atoms with Crippen LogP contribution in [-0.2, 0) is 66.3 Å². The van der Waals surface area contributed by atoms with Crippen LogP contribution in [0.5, 0.6) is 0 Å². The number of carbonyl (C=O) groups excluding carboxylic acids is 8. The van der Waals surface area contributed by atoms with Crippen LogP contribution in [0.25, 0.3) is 10.4 Å². The van der Waals surface area contributed by atoms with Gasteiger partial charge >= 0.3 is 48.7 Å². The Morgan fingerprint density at radius 2 is 0.805 bits per heavy atom. The number of rotatable bonds is 20. The lowest BCUT2D eigenvalue weighted by atomic mass is 9.77. The van der Waals surface area contributed by atoms with Crippen molar-refractivity contribution in [1.29, 1.82) is 0 Å². The number of aliphatic hydroxyl groups excluding tert-OH is 6. The monoisotopic (exact) mass is 1680 g/mol. The molecule has 3 aliphatic heterocycles. The Bertz CT molecular complexity index is 3680. The summed E-state index contributed by atoms with van der Waals surface area (Å²) < 4.78 is 83.9. The van der Waals surface area contributed by atoms with Crippen molar-refractivity contribution in [3.05, 3.63) is 22.7 Å². The van der Waals surface area contributed by atoms with E-state index >= 15 is 0 Å². The van der Waals surface area contributed by atoms with Crippen LogP contribution in [0.15, 0.2) is 42.4 Å². The molecule has 0 bridgehead atoms. The van der Waals surface area contributed by atoms with Crippen LogP contribution in [0.2, 0.25) is 0 Å². The summed E-state index contributed by atoms with van der Waals surface area (Å²) in [4.78, 5) is 132. The number of amidine groups is 5. The van der Waals surface area contributed by atoms with Crippen molar-refractivity contribution in [2.45, 2.75) is 368 Å². The first-order valence-electron chi connectivity index (χ1n) is 38.7. The Morgan fingerprint density at radius 3 is 1.27 bits per heavy atom. The fourth-order valence-electron chi connectivity index (χ4n) is 11.9. The van der Waals surface area contributed by atoms with E-state index in [0.29, 0.717) is 0 Å². The van der Waals surface area contributed by atoms with Gasteiger partial charge in [0.15, 0.2) is 18.9 Å². The number of nitrogens with one attached hydrogen (secondary N) is 6. The third-order valence-electron chi connectivity index (χ3n) is 16.1. The molecule has 1 saturated carbocycles. The maximum atomic E-state index is 13.8. The minimum Gasteiger partial charge on any atom is -0.444 e. The van der Waals surface area contributed by atoms with Crippen molar-refractivity contribution in [3.8, 4) is 0 Å². The molecule has 1 aliphatic carbocycles. The van der Waals surface area contributed by atoms with Crippen molar-refractivity contribution in [2.75, 3.05) is 13.1 Å². The summed E-state index contributed by atoms with van der Waals surface area (Å²) in [6.07, 6.45) is -39.3. The van der Waals surface area contributed by atoms with Gasteiger partial charge in [0.2, 0.25) is 0 Å². The molecule has 19 atom stereocenters. The highest BCUT2D eigenvalue weighted by Gasteiger charge is 2.57. The van der Waals surface area contributed by atoms with Crippen LogP contribution in [0.4, 0.5) is 38.4 Å². The molecule has 8 amide bonds. The van der Waals surface area contributed by atoms with Crippen LogP contribution >= 0.6 is 0 Å². The van der Waals surface area contributed by atoms with E-state index in [1.165, 1.54) is 20.8 Å². The smallest absolute Gasteiger partial charge is 0.435 e. The van der Waals surface area contributed by atoms with Crippen LogP contribution in [-0.4, -0.2) is 271 Å². The van der Waals surface area contributed by atoms with E-state index in [0.717, 1.165) is 0 Å². The van der Waals surface area contributed by atoms with Gasteiger partial charge in [0, 0.05) is 29.4 Å². The number of nitrogens with zero attached hydrogens (tertiary/aromatic N) is 8. The first kappa shape index (κ1) is 102. The van der Waals surface area contributed by atoms with Crippen LogP contribution in [0.1, 0.15) is 219 Å². The van der Waals surface area contributed by atoms with Gasteiger partial charge in [-0.3, -0.25) is 46.9 Å². The molecule has 0 radical (unpaired) electrons. The Balaban J connectivity index is 2.12. The third-order valence-corrected chi connectivity index (χ3v) is 16.1. The highest BCUT2D eigenvalue weighted by Crippen LogP contribution is 2.42. The maximum Gasteiger partial charge on any atom is 0.435 e. The largest absolute Gasteiger partial charge is 0.444 e. The lowest BCUT2D eigenvalue weighted by Gasteiger charge is -2.48. The fraction of sp³-hybridized carbons (Fsp3) is 0.803. The standard InChI is InChI=1S/C76H128N14O28/c1-36(80-61(97)111-69(5,6)7)31-41-50(92)51(93)43(29-30-46(86-65(101)115-73(17,18)19)87-66(102)116-74(20,21)22)105-58(41)109-56-45(35-79-90-77)107-60(54(56)96)110-57-49(91)40(33-47(88-67(103)117-75(23,24)25)89-68(104)118-76(26,27)28)32-42(81-38(3)84-63(99)113-71(11,12)13)55(57)108-59-48(82-39(4)85-64(100)114-72(14,15)16)53(95)52(94)44(106-59)34-78-37(2)83-62(98)112-70(8,9)10/h40-45,48-60,91-96H,1,29-35H2,2-28H3,(H,80,97)(H,78,83,98)(H,81,84,99)(H,82,85,100)(H,86,87,101,102)(H,88,89,103,104)/t40-,41+,42?,43-,44?,45+,48?,49?,50-,51?,52+,53+,54-,55+,56?,57+,58?,59+,60-/m0/s1. The number of alkyl carbamates (subject to hydrolysis) is 6. The van der Waals surface area contributed by atoms with E-state index in [1.54, 1.807) is 166 Å². The number of aliphatic imine (C=N–C) groups is 5. The van der Waals surface area contributed by atoms with Gasteiger partial charge in [0.05, 0.1) is 43.5 Å².